The maximum Gasteiger partial charge on any atom is 0.127 e. The van der Waals surface area contributed by atoms with Gasteiger partial charge in [0.2, 0.25) is 0 Å². The molecule has 1 atom stereocenters. The molecule has 0 amide bonds. The van der Waals surface area contributed by atoms with E-state index in [0.29, 0.717) is 0 Å². The van der Waals surface area contributed by atoms with Crippen molar-refractivity contribution in [3.63, 3.8) is 0 Å². The Balaban J connectivity index is 1.98. The highest BCUT2D eigenvalue weighted by molar-refractivity contribution is 7.05. The van der Waals surface area contributed by atoms with Crippen molar-refractivity contribution in [1.29, 1.82) is 0 Å². The SMILES string of the molecule is CCCc1nnsc1C(N)c1cccc2c1OCC2. The third kappa shape index (κ3) is 2.24. The van der Waals surface area contributed by atoms with Crippen LogP contribution in [0.5, 0.6) is 5.75 Å². The van der Waals surface area contributed by atoms with Gasteiger partial charge in [0.1, 0.15) is 5.75 Å². The first-order valence-corrected chi connectivity index (χ1v) is 7.40. The Morgan fingerprint density at radius 2 is 2.37 bits per heavy atom. The highest BCUT2D eigenvalue weighted by atomic mass is 32.1. The monoisotopic (exact) mass is 275 g/mol. The lowest BCUT2D eigenvalue weighted by molar-refractivity contribution is 0.352. The van der Waals surface area contributed by atoms with Crippen LogP contribution in [0.2, 0.25) is 0 Å². The molecular formula is C14H17N3OS. The van der Waals surface area contributed by atoms with Gasteiger partial charge in [-0.3, -0.25) is 0 Å². The minimum Gasteiger partial charge on any atom is -0.493 e. The minimum absolute atomic E-state index is 0.186. The molecule has 2 N–H and O–H groups in total. The zero-order valence-electron chi connectivity index (χ0n) is 10.9. The van der Waals surface area contributed by atoms with Crippen molar-refractivity contribution in [3.05, 3.63) is 39.9 Å². The number of rotatable bonds is 4. The molecule has 0 fully saturated rings. The second-order valence-corrected chi connectivity index (χ2v) is 5.53. The molecule has 1 aliphatic rings. The normalized spacial score (nSPS) is 15.1. The standard InChI is InChI=1S/C14H17N3OS/c1-2-4-11-14(19-17-16-11)12(15)10-6-3-5-9-7-8-18-13(9)10/h3,5-6,12H,2,4,7-8,15H2,1H3. The fraction of sp³-hybridized carbons (Fsp3) is 0.429. The van der Waals surface area contributed by atoms with Gasteiger partial charge in [0, 0.05) is 12.0 Å². The first-order chi connectivity index (χ1) is 9.31. The van der Waals surface area contributed by atoms with E-state index in [4.69, 9.17) is 10.5 Å². The van der Waals surface area contributed by atoms with E-state index in [0.717, 1.165) is 47.8 Å². The van der Waals surface area contributed by atoms with Gasteiger partial charge in [0.05, 0.1) is 23.2 Å². The summed E-state index contributed by atoms with van der Waals surface area (Å²) in [5.74, 6) is 0.964. The van der Waals surface area contributed by atoms with E-state index in [1.807, 2.05) is 6.07 Å². The molecule has 0 bridgehead atoms. The zero-order chi connectivity index (χ0) is 13.2. The van der Waals surface area contributed by atoms with E-state index in [2.05, 4.69) is 28.6 Å². The molecule has 0 aliphatic carbocycles. The minimum atomic E-state index is -0.186. The van der Waals surface area contributed by atoms with E-state index in [9.17, 15) is 0 Å². The second-order valence-electron chi connectivity index (χ2n) is 4.75. The molecule has 0 spiro atoms. The molecule has 1 aromatic heterocycles. The summed E-state index contributed by atoms with van der Waals surface area (Å²) in [7, 11) is 0. The van der Waals surface area contributed by atoms with Gasteiger partial charge in [0.25, 0.3) is 0 Å². The van der Waals surface area contributed by atoms with E-state index in [1.54, 1.807) is 0 Å². The van der Waals surface area contributed by atoms with Crippen molar-refractivity contribution in [1.82, 2.24) is 9.59 Å². The topological polar surface area (TPSA) is 61.0 Å². The third-order valence-corrected chi connectivity index (χ3v) is 4.28. The largest absolute Gasteiger partial charge is 0.493 e. The molecule has 2 aromatic rings. The molecule has 19 heavy (non-hydrogen) atoms. The predicted molar refractivity (Wildman–Crippen MR) is 75.6 cm³/mol. The van der Waals surface area contributed by atoms with Gasteiger partial charge < -0.3 is 10.5 Å². The Labute approximate surface area is 116 Å². The average Bonchev–Trinajstić information content (AvgIpc) is 3.06. The molecular weight excluding hydrogens is 258 g/mol. The molecule has 0 saturated heterocycles. The van der Waals surface area contributed by atoms with Crippen molar-refractivity contribution in [3.8, 4) is 5.75 Å². The molecule has 0 radical (unpaired) electrons. The molecule has 1 unspecified atom stereocenters. The van der Waals surface area contributed by atoms with Crippen LogP contribution in [0.25, 0.3) is 0 Å². The molecule has 1 aliphatic heterocycles. The van der Waals surface area contributed by atoms with Crippen LogP contribution >= 0.6 is 11.5 Å². The summed E-state index contributed by atoms with van der Waals surface area (Å²) in [6, 6.07) is 6.02. The lowest BCUT2D eigenvalue weighted by Crippen LogP contribution is -2.13. The molecule has 3 rings (SSSR count). The fourth-order valence-electron chi connectivity index (χ4n) is 2.49. The number of fused-ring (bicyclic) bond motifs is 1. The second kappa shape index (κ2) is 5.27. The maximum atomic E-state index is 6.42. The van der Waals surface area contributed by atoms with Crippen LogP contribution in [-0.4, -0.2) is 16.2 Å². The number of hydrogen-bond donors (Lipinski definition) is 1. The smallest absolute Gasteiger partial charge is 0.127 e. The molecule has 4 nitrogen and oxygen atoms in total. The van der Waals surface area contributed by atoms with Gasteiger partial charge in [-0.1, -0.05) is 36.0 Å². The van der Waals surface area contributed by atoms with Gasteiger partial charge in [0.15, 0.2) is 0 Å². The van der Waals surface area contributed by atoms with Crippen molar-refractivity contribution in [2.45, 2.75) is 32.2 Å². The van der Waals surface area contributed by atoms with Crippen molar-refractivity contribution < 1.29 is 4.74 Å². The van der Waals surface area contributed by atoms with Crippen molar-refractivity contribution >= 4 is 11.5 Å². The van der Waals surface area contributed by atoms with Crippen LogP contribution in [0.4, 0.5) is 0 Å². The Bertz CT molecular complexity index is 582. The van der Waals surface area contributed by atoms with Crippen molar-refractivity contribution in [2.75, 3.05) is 6.61 Å². The average molecular weight is 275 g/mol. The summed E-state index contributed by atoms with van der Waals surface area (Å²) in [6.45, 7) is 2.89. The van der Waals surface area contributed by atoms with Gasteiger partial charge in [-0.05, 0) is 23.5 Å². The summed E-state index contributed by atoms with van der Waals surface area (Å²) in [4.78, 5) is 1.06. The fourth-order valence-corrected chi connectivity index (χ4v) is 3.20. The summed E-state index contributed by atoms with van der Waals surface area (Å²) in [5, 5.41) is 4.19. The summed E-state index contributed by atoms with van der Waals surface area (Å²) >= 11 is 1.40. The summed E-state index contributed by atoms with van der Waals surface area (Å²) in [6.07, 6.45) is 2.95. The lowest BCUT2D eigenvalue weighted by Gasteiger charge is -2.14. The number of para-hydroxylation sites is 1. The van der Waals surface area contributed by atoms with E-state index >= 15 is 0 Å². The van der Waals surface area contributed by atoms with Crippen LogP contribution < -0.4 is 10.5 Å². The Hall–Kier alpha value is -1.46. The number of aryl methyl sites for hydroxylation is 1. The predicted octanol–water partition coefficient (Wildman–Crippen LogP) is 2.47. The summed E-state index contributed by atoms with van der Waals surface area (Å²) < 4.78 is 9.78. The lowest BCUT2D eigenvalue weighted by atomic mass is 10.00. The van der Waals surface area contributed by atoms with Crippen LogP contribution in [0.3, 0.4) is 0 Å². The molecule has 100 valence electrons. The third-order valence-electron chi connectivity index (χ3n) is 3.43. The van der Waals surface area contributed by atoms with Gasteiger partial charge in [-0.25, -0.2) is 0 Å². The number of aromatic nitrogens is 2. The van der Waals surface area contributed by atoms with Crippen LogP contribution in [0, 0.1) is 0 Å². The number of hydrogen-bond acceptors (Lipinski definition) is 5. The molecule has 2 heterocycles. The van der Waals surface area contributed by atoms with Crippen molar-refractivity contribution in [2.24, 2.45) is 5.73 Å². The van der Waals surface area contributed by atoms with Crippen LogP contribution in [0.15, 0.2) is 18.2 Å². The van der Waals surface area contributed by atoms with Crippen LogP contribution in [-0.2, 0) is 12.8 Å². The first kappa shape index (κ1) is 12.6. The van der Waals surface area contributed by atoms with Crippen LogP contribution in [0.1, 0.15) is 41.1 Å². The van der Waals surface area contributed by atoms with E-state index in [1.165, 1.54) is 17.1 Å². The van der Waals surface area contributed by atoms with E-state index < -0.39 is 0 Å². The highest BCUT2D eigenvalue weighted by Gasteiger charge is 2.24. The molecule has 1 aromatic carbocycles. The molecule has 0 saturated carbocycles. The van der Waals surface area contributed by atoms with Gasteiger partial charge in [-0.15, -0.1) is 5.10 Å². The number of ether oxygens (including phenoxy) is 1. The highest BCUT2D eigenvalue weighted by Crippen LogP contribution is 2.36. The maximum absolute atomic E-state index is 6.42. The van der Waals surface area contributed by atoms with E-state index in [-0.39, 0.29) is 6.04 Å². The zero-order valence-corrected chi connectivity index (χ0v) is 11.7. The molecule has 5 heteroatoms. The number of nitrogens with two attached hydrogens (primary N) is 1. The Morgan fingerprint density at radius 3 is 3.21 bits per heavy atom. The quantitative estimate of drug-likeness (QED) is 0.931. The number of benzene rings is 1. The number of nitrogens with zero attached hydrogens (tertiary/aromatic N) is 2. The first-order valence-electron chi connectivity index (χ1n) is 6.62. The van der Waals surface area contributed by atoms with Gasteiger partial charge >= 0.3 is 0 Å². The Kier molecular flexibility index (Phi) is 3.48. The summed E-state index contributed by atoms with van der Waals surface area (Å²) in [5.41, 5.74) is 9.75. The van der Waals surface area contributed by atoms with Gasteiger partial charge in [-0.2, -0.15) is 0 Å². The Morgan fingerprint density at radius 1 is 1.47 bits per heavy atom.